The van der Waals surface area contributed by atoms with Gasteiger partial charge in [0.15, 0.2) is 0 Å². The van der Waals surface area contributed by atoms with Crippen LogP contribution in [0.25, 0.3) is 0 Å². The van der Waals surface area contributed by atoms with Crippen LogP contribution in [-0.4, -0.2) is 36.9 Å². The van der Waals surface area contributed by atoms with E-state index in [0.29, 0.717) is 23.9 Å². The largest absolute Gasteiger partial charge is 0.447 e. The minimum Gasteiger partial charge on any atom is -0.447 e. The Morgan fingerprint density at radius 1 is 1.03 bits per heavy atom. The van der Waals surface area contributed by atoms with Gasteiger partial charge < -0.3 is 15.0 Å². The van der Waals surface area contributed by atoms with Gasteiger partial charge in [0.05, 0.1) is 0 Å². The Morgan fingerprint density at radius 2 is 1.66 bits per heavy atom. The third-order valence-electron chi connectivity index (χ3n) is 6.09. The number of carbonyl (C=O) groups is 2. The second-order valence-corrected chi connectivity index (χ2v) is 9.29. The van der Waals surface area contributed by atoms with E-state index >= 15 is 0 Å². The summed E-state index contributed by atoms with van der Waals surface area (Å²) in [6.45, 7) is 3.94. The highest BCUT2D eigenvalue weighted by atomic mass is 35.5. The maximum absolute atomic E-state index is 12.7. The van der Waals surface area contributed by atoms with Crippen LogP contribution in [0.2, 0.25) is 5.02 Å². The van der Waals surface area contributed by atoms with Gasteiger partial charge in [0, 0.05) is 37.1 Å². The monoisotopic (exact) mass is 456 g/mol. The van der Waals surface area contributed by atoms with Gasteiger partial charge in [-0.05, 0) is 62.3 Å². The van der Waals surface area contributed by atoms with Gasteiger partial charge in [-0.15, -0.1) is 0 Å². The van der Waals surface area contributed by atoms with Crippen LogP contribution in [0.4, 0.5) is 0 Å². The summed E-state index contributed by atoms with van der Waals surface area (Å²) in [5.74, 6) is 0.427. The zero-order chi connectivity index (χ0) is 22.9. The predicted octanol–water partition coefficient (Wildman–Crippen LogP) is 5.00. The first-order chi connectivity index (χ1) is 15.4. The van der Waals surface area contributed by atoms with E-state index in [1.165, 1.54) is 12.5 Å². The summed E-state index contributed by atoms with van der Waals surface area (Å²) in [6.07, 6.45) is 3.63. The van der Waals surface area contributed by atoms with Crippen molar-refractivity contribution in [2.24, 2.45) is 11.8 Å². The number of nitrogens with one attached hydrogen (secondary N) is 1. The Kier molecular flexibility index (Phi) is 9.12. The Bertz CT molecular complexity index is 864. The molecule has 3 rings (SSSR count). The fourth-order valence-electron chi connectivity index (χ4n) is 4.43. The quantitative estimate of drug-likeness (QED) is 0.539. The van der Waals surface area contributed by atoms with Gasteiger partial charge >= 0.3 is 5.97 Å². The summed E-state index contributed by atoms with van der Waals surface area (Å²) in [5, 5.41) is 3.78. The van der Waals surface area contributed by atoms with Gasteiger partial charge in [-0.3, -0.25) is 9.59 Å². The standard InChI is InChI=1S/C26H33ClN2O3/c1-19(30)32-25(23-6-4-3-5-7-23)26(31)28-16-20-8-10-21(11-9-20)17-29(2)18-22-12-14-24(27)15-13-22/h3-7,12-15,20-21,25H,8-11,16-18H2,1-2H3,(H,28,31). The van der Waals surface area contributed by atoms with Crippen LogP contribution in [0.5, 0.6) is 0 Å². The number of nitrogens with zero attached hydrogens (tertiary/aromatic N) is 1. The Balaban J connectivity index is 1.41. The zero-order valence-electron chi connectivity index (χ0n) is 18.9. The first-order valence-electron chi connectivity index (χ1n) is 11.3. The maximum atomic E-state index is 12.7. The molecule has 1 atom stereocenters. The van der Waals surface area contributed by atoms with Crippen LogP contribution in [0.1, 0.15) is 49.8 Å². The third kappa shape index (κ3) is 7.64. The number of benzene rings is 2. The summed E-state index contributed by atoms with van der Waals surface area (Å²) in [4.78, 5) is 26.6. The number of hydrogen-bond donors (Lipinski definition) is 1. The summed E-state index contributed by atoms with van der Waals surface area (Å²) >= 11 is 5.97. The molecule has 1 unspecified atom stereocenters. The SMILES string of the molecule is CC(=O)OC(C(=O)NCC1CCC(CN(C)Cc2ccc(Cl)cc2)CC1)c1ccccc1. The molecule has 2 aromatic carbocycles. The van der Waals surface area contributed by atoms with Crippen molar-refractivity contribution in [2.75, 3.05) is 20.1 Å². The Morgan fingerprint density at radius 3 is 2.28 bits per heavy atom. The average Bonchev–Trinajstić information content (AvgIpc) is 2.79. The lowest BCUT2D eigenvalue weighted by Crippen LogP contribution is -2.37. The highest BCUT2D eigenvalue weighted by molar-refractivity contribution is 6.30. The summed E-state index contributed by atoms with van der Waals surface area (Å²) in [5.41, 5.74) is 1.96. The van der Waals surface area contributed by atoms with E-state index in [2.05, 4.69) is 29.4 Å². The predicted molar refractivity (Wildman–Crippen MR) is 127 cm³/mol. The number of ether oxygens (including phenoxy) is 1. The van der Waals surface area contributed by atoms with Gasteiger partial charge in [-0.2, -0.15) is 0 Å². The minimum absolute atomic E-state index is 0.253. The van der Waals surface area contributed by atoms with Crippen molar-refractivity contribution in [3.05, 3.63) is 70.7 Å². The number of carbonyl (C=O) groups excluding carboxylic acids is 2. The Hall–Kier alpha value is -2.37. The first kappa shape index (κ1) is 24.3. The van der Waals surface area contributed by atoms with Crippen molar-refractivity contribution in [3.8, 4) is 0 Å². The molecule has 0 saturated heterocycles. The number of esters is 1. The summed E-state index contributed by atoms with van der Waals surface area (Å²) in [6, 6.07) is 17.2. The van der Waals surface area contributed by atoms with Gasteiger partial charge in [0.2, 0.25) is 6.10 Å². The van der Waals surface area contributed by atoms with Crippen molar-refractivity contribution in [3.63, 3.8) is 0 Å². The van der Waals surface area contributed by atoms with Crippen LogP contribution in [0, 0.1) is 11.8 Å². The Labute approximate surface area is 196 Å². The fraction of sp³-hybridized carbons (Fsp3) is 0.462. The second kappa shape index (κ2) is 12.0. The van der Waals surface area contributed by atoms with Gasteiger partial charge in [0.1, 0.15) is 0 Å². The molecule has 1 fully saturated rings. The van der Waals surface area contributed by atoms with Crippen molar-refractivity contribution in [1.82, 2.24) is 10.2 Å². The first-order valence-corrected chi connectivity index (χ1v) is 11.7. The third-order valence-corrected chi connectivity index (χ3v) is 6.34. The molecule has 0 bridgehead atoms. The van der Waals surface area contributed by atoms with Crippen molar-refractivity contribution < 1.29 is 14.3 Å². The number of halogens is 1. The van der Waals surface area contributed by atoms with Crippen LogP contribution in [0.15, 0.2) is 54.6 Å². The van der Waals surface area contributed by atoms with E-state index in [4.69, 9.17) is 16.3 Å². The smallest absolute Gasteiger partial charge is 0.303 e. The summed E-state index contributed by atoms with van der Waals surface area (Å²) < 4.78 is 5.29. The van der Waals surface area contributed by atoms with Crippen LogP contribution in [-0.2, 0) is 20.9 Å². The van der Waals surface area contributed by atoms with Crippen LogP contribution >= 0.6 is 11.6 Å². The molecule has 1 aliphatic rings. The van der Waals surface area contributed by atoms with Crippen molar-refractivity contribution in [1.29, 1.82) is 0 Å². The molecule has 1 saturated carbocycles. The molecule has 1 amide bonds. The molecule has 6 heteroatoms. The van der Waals surface area contributed by atoms with Crippen LogP contribution in [0.3, 0.4) is 0 Å². The maximum Gasteiger partial charge on any atom is 0.303 e. The lowest BCUT2D eigenvalue weighted by Gasteiger charge is -2.31. The fourth-order valence-corrected chi connectivity index (χ4v) is 4.56. The molecule has 0 radical (unpaired) electrons. The second-order valence-electron chi connectivity index (χ2n) is 8.86. The molecule has 1 aliphatic carbocycles. The molecule has 172 valence electrons. The lowest BCUT2D eigenvalue weighted by atomic mass is 9.81. The van der Waals surface area contributed by atoms with E-state index in [0.717, 1.165) is 43.8 Å². The molecule has 0 spiro atoms. The zero-order valence-corrected chi connectivity index (χ0v) is 19.7. The molecular formula is C26H33ClN2O3. The molecular weight excluding hydrogens is 424 g/mol. The van der Waals surface area contributed by atoms with E-state index in [9.17, 15) is 9.59 Å². The molecule has 0 heterocycles. The topological polar surface area (TPSA) is 58.6 Å². The van der Waals surface area contributed by atoms with Crippen molar-refractivity contribution >= 4 is 23.5 Å². The van der Waals surface area contributed by atoms with E-state index in [-0.39, 0.29) is 5.91 Å². The van der Waals surface area contributed by atoms with E-state index in [1.54, 1.807) is 12.1 Å². The normalized spacial score (nSPS) is 19.4. The highest BCUT2D eigenvalue weighted by Gasteiger charge is 2.26. The molecule has 32 heavy (non-hydrogen) atoms. The van der Waals surface area contributed by atoms with Crippen molar-refractivity contribution in [2.45, 2.75) is 45.3 Å². The van der Waals surface area contributed by atoms with Gasteiger partial charge in [-0.25, -0.2) is 0 Å². The number of rotatable bonds is 9. The minimum atomic E-state index is -0.897. The molecule has 0 aliphatic heterocycles. The average molecular weight is 457 g/mol. The summed E-state index contributed by atoms with van der Waals surface area (Å²) in [7, 11) is 2.17. The molecule has 2 aromatic rings. The lowest BCUT2D eigenvalue weighted by molar-refractivity contribution is -0.154. The number of hydrogen-bond acceptors (Lipinski definition) is 4. The highest BCUT2D eigenvalue weighted by Crippen LogP contribution is 2.29. The van der Waals surface area contributed by atoms with E-state index in [1.807, 2.05) is 30.3 Å². The molecule has 0 aromatic heterocycles. The van der Waals surface area contributed by atoms with Gasteiger partial charge in [0.25, 0.3) is 5.91 Å². The van der Waals surface area contributed by atoms with Gasteiger partial charge in [-0.1, -0.05) is 54.1 Å². The van der Waals surface area contributed by atoms with Crippen LogP contribution < -0.4 is 5.32 Å². The number of amides is 1. The van der Waals surface area contributed by atoms with E-state index < -0.39 is 12.1 Å². The molecule has 5 nitrogen and oxygen atoms in total. The molecule has 1 N–H and O–H groups in total.